The highest BCUT2D eigenvalue weighted by Gasteiger charge is 2.18. The first kappa shape index (κ1) is 12.8. The van der Waals surface area contributed by atoms with Gasteiger partial charge in [0.25, 0.3) is 0 Å². The van der Waals surface area contributed by atoms with E-state index in [0.29, 0.717) is 17.1 Å². The molecule has 1 saturated heterocycles. The number of halogens is 2. The number of nitrogens with zero attached hydrogens (tertiary/aromatic N) is 1. The molecule has 4 heteroatoms. The predicted molar refractivity (Wildman–Crippen MR) is 68.6 cm³/mol. The van der Waals surface area contributed by atoms with Gasteiger partial charge in [-0.2, -0.15) is 0 Å². The van der Waals surface area contributed by atoms with Crippen LogP contribution in [0.25, 0.3) is 0 Å². The van der Waals surface area contributed by atoms with Gasteiger partial charge >= 0.3 is 0 Å². The van der Waals surface area contributed by atoms with E-state index in [0.717, 1.165) is 31.5 Å². The van der Waals surface area contributed by atoms with Gasteiger partial charge in [-0.15, -0.1) is 0 Å². The van der Waals surface area contributed by atoms with Gasteiger partial charge in [-0.25, -0.2) is 4.39 Å². The Morgan fingerprint density at radius 2 is 2.29 bits per heavy atom. The summed E-state index contributed by atoms with van der Waals surface area (Å²) in [6.45, 7) is 4.29. The zero-order valence-corrected chi connectivity index (χ0v) is 10.8. The van der Waals surface area contributed by atoms with Crippen LogP contribution in [0.5, 0.6) is 0 Å². The molecule has 0 aliphatic carbocycles. The summed E-state index contributed by atoms with van der Waals surface area (Å²) < 4.78 is 13.5. The maximum atomic E-state index is 13.5. The third-order valence-electron chi connectivity index (χ3n) is 3.26. The van der Waals surface area contributed by atoms with Crippen molar-refractivity contribution in [3.63, 3.8) is 0 Å². The highest BCUT2D eigenvalue weighted by atomic mass is 35.5. The van der Waals surface area contributed by atoms with E-state index < -0.39 is 0 Å². The van der Waals surface area contributed by atoms with E-state index >= 15 is 0 Å². The molecule has 0 spiro atoms. The molecule has 1 aromatic rings. The van der Waals surface area contributed by atoms with Crippen LogP contribution >= 0.6 is 11.6 Å². The van der Waals surface area contributed by atoms with Crippen LogP contribution in [-0.4, -0.2) is 24.0 Å². The number of piperidine rings is 1. The lowest BCUT2D eigenvalue weighted by Crippen LogP contribution is -2.42. The Hall–Kier alpha value is -0.640. The summed E-state index contributed by atoms with van der Waals surface area (Å²) >= 11 is 6.13. The number of benzene rings is 1. The molecular weight excluding hydrogens is 239 g/mol. The molecule has 0 radical (unpaired) electrons. The topological polar surface area (TPSA) is 29.3 Å². The molecule has 94 valence electrons. The molecular formula is C13H18ClFN2. The number of hydrogen-bond donors (Lipinski definition) is 1. The Morgan fingerprint density at radius 3 is 3.00 bits per heavy atom. The molecule has 2 nitrogen and oxygen atoms in total. The monoisotopic (exact) mass is 256 g/mol. The van der Waals surface area contributed by atoms with Crippen LogP contribution in [0.3, 0.4) is 0 Å². The summed E-state index contributed by atoms with van der Waals surface area (Å²) in [5, 5.41) is 0.642. The summed E-state index contributed by atoms with van der Waals surface area (Å²) in [4.78, 5) is 2.24. The fourth-order valence-electron chi connectivity index (χ4n) is 2.28. The SMILES string of the molecule is Cc1cc(Cl)c(CN2CCCC(N)C2)cc1F. The van der Waals surface area contributed by atoms with E-state index in [9.17, 15) is 4.39 Å². The van der Waals surface area contributed by atoms with Crippen molar-refractivity contribution in [3.8, 4) is 0 Å². The van der Waals surface area contributed by atoms with E-state index in [-0.39, 0.29) is 11.9 Å². The lowest BCUT2D eigenvalue weighted by molar-refractivity contribution is 0.201. The fraction of sp³-hybridized carbons (Fsp3) is 0.538. The van der Waals surface area contributed by atoms with Crippen molar-refractivity contribution >= 4 is 11.6 Å². The van der Waals surface area contributed by atoms with Crippen LogP contribution < -0.4 is 5.73 Å². The molecule has 1 aliphatic heterocycles. The molecule has 1 aromatic carbocycles. The summed E-state index contributed by atoms with van der Waals surface area (Å²) in [7, 11) is 0. The van der Waals surface area contributed by atoms with Gasteiger partial charge in [0.1, 0.15) is 5.82 Å². The van der Waals surface area contributed by atoms with E-state index in [1.54, 1.807) is 13.0 Å². The van der Waals surface area contributed by atoms with Crippen LogP contribution in [0.2, 0.25) is 5.02 Å². The lowest BCUT2D eigenvalue weighted by Gasteiger charge is -2.30. The van der Waals surface area contributed by atoms with Crippen molar-refractivity contribution < 1.29 is 4.39 Å². The second-order valence-corrected chi connectivity index (χ2v) is 5.24. The predicted octanol–water partition coefficient (Wildman–Crippen LogP) is 2.71. The summed E-state index contributed by atoms with van der Waals surface area (Å²) in [6.07, 6.45) is 2.18. The van der Waals surface area contributed by atoms with Gasteiger partial charge in [-0.3, -0.25) is 4.90 Å². The maximum absolute atomic E-state index is 13.5. The number of rotatable bonds is 2. The Bertz CT molecular complexity index is 409. The van der Waals surface area contributed by atoms with Gasteiger partial charge in [-0.1, -0.05) is 11.6 Å². The first-order chi connectivity index (χ1) is 8.06. The van der Waals surface area contributed by atoms with Crippen molar-refractivity contribution in [1.29, 1.82) is 0 Å². The standard InChI is InChI=1S/C13H18ClFN2/c1-9-5-12(14)10(6-13(9)15)7-17-4-2-3-11(16)8-17/h5-6,11H,2-4,7-8,16H2,1H3. The highest BCUT2D eigenvalue weighted by Crippen LogP contribution is 2.23. The molecule has 1 unspecified atom stereocenters. The largest absolute Gasteiger partial charge is 0.327 e. The van der Waals surface area contributed by atoms with E-state index in [4.69, 9.17) is 17.3 Å². The molecule has 0 bridgehead atoms. The molecule has 2 N–H and O–H groups in total. The Balaban J connectivity index is 2.10. The third-order valence-corrected chi connectivity index (χ3v) is 3.62. The van der Waals surface area contributed by atoms with Gasteiger partial charge in [0, 0.05) is 24.2 Å². The van der Waals surface area contributed by atoms with Gasteiger partial charge < -0.3 is 5.73 Å². The molecule has 1 atom stereocenters. The number of likely N-dealkylation sites (tertiary alicyclic amines) is 1. The third kappa shape index (κ3) is 3.18. The molecule has 2 rings (SSSR count). The summed E-state index contributed by atoms with van der Waals surface area (Å²) in [5.41, 5.74) is 7.36. The van der Waals surface area contributed by atoms with Crippen molar-refractivity contribution in [3.05, 3.63) is 34.1 Å². The van der Waals surface area contributed by atoms with Gasteiger partial charge in [0.2, 0.25) is 0 Å². The second-order valence-electron chi connectivity index (χ2n) is 4.83. The second kappa shape index (κ2) is 5.34. The molecule has 1 fully saturated rings. The minimum absolute atomic E-state index is 0.189. The van der Waals surface area contributed by atoms with Crippen molar-refractivity contribution in [2.24, 2.45) is 5.73 Å². The zero-order chi connectivity index (χ0) is 12.4. The van der Waals surface area contributed by atoms with Crippen LogP contribution in [-0.2, 0) is 6.54 Å². The van der Waals surface area contributed by atoms with Crippen molar-refractivity contribution in [2.75, 3.05) is 13.1 Å². The number of aryl methyl sites for hydroxylation is 1. The van der Waals surface area contributed by atoms with Crippen molar-refractivity contribution in [1.82, 2.24) is 4.90 Å². The molecule has 17 heavy (non-hydrogen) atoms. The molecule has 0 amide bonds. The highest BCUT2D eigenvalue weighted by molar-refractivity contribution is 6.31. The normalized spacial score (nSPS) is 21.8. The number of hydrogen-bond acceptors (Lipinski definition) is 2. The first-order valence-corrected chi connectivity index (χ1v) is 6.36. The maximum Gasteiger partial charge on any atom is 0.126 e. The van der Waals surface area contributed by atoms with E-state index in [1.807, 2.05) is 0 Å². The van der Waals surface area contributed by atoms with Crippen LogP contribution in [0, 0.1) is 12.7 Å². The van der Waals surface area contributed by atoms with Crippen LogP contribution in [0.15, 0.2) is 12.1 Å². The minimum Gasteiger partial charge on any atom is -0.327 e. The van der Waals surface area contributed by atoms with E-state index in [2.05, 4.69) is 4.90 Å². The van der Waals surface area contributed by atoms with E-state index in [1.165, 1.54) is 6.07 Å². The summed E-state index contributed by atoms with van der Waals surface area (Å²) in [5.74, 6) is -0.189. The van der Waals surface area contributed by atoms with Gasteiger partial charge in [-0.05, 0) is 49.6 Å². The quantitative estimate of drug-likeness (QED) is 0.882. The van der Waals surface area contributed by atoms with Crippen LogP contribution in [0.1, 0.15) is 24.0 Å². The van der Waals surface area contributed by atoms with Gasteiger partial charge in [0.15, 0.2) is 0 Å². The fourth-order valence-corrected chi connectivity index (χ4v) is 2.56. The molecule has 1 heterocycles. The minimum atomic E-state index is -0.189. The average Bonchev–Trinajstić information content (AvgIpc) is 2.26. The average molecular weight is 257 g/mol. The first-order valence-electron chi connectivity index (χ1n) is 5.98. The van der Waals surface area contributed by atoms with Gasteiger partial charge in [0.05, 0.1) is 0 Å². The molecule has 0 aromatic heterocycles. The molecule has 1 aliphatic rings. The lowest BCUT2D eigenvalue weighted by atomic mass is 10.1. The van der Waals surface area contributed by atoms with Crippen LogP contribution in [0.4, 0.5) is 4.39 Å². The smallest absolute Gasteiger partial charge is 0.126 e. The Kier molecular flexibility index (Phi) is 4.02. The zero-order valence-electron chi connectivity index (χ0n) is 10.0. The summed E-state index contributed by atoms with van der Waals surface area (Å²) in [6, 6.07) is 3.46. The number of nitrogens with two attached hydrogens (primary N) is 1. The van der Waals surface area contributed by atoms with Crippen molar-refractivity contribution in [2.45, 2.75) is 32.4 Å². The Labute approximate surface area is 107 Å². The Morgan fingerprint density at radius 1 is 1.53 bits per heavy atom. The molecule has 0 saturated carbocycles.